The van der Waals surface area contributed by atoms with Gasteiger partial charge in [-0.1, -0.05) is 18.2 Å². The number of carbonyl (C=O) groups excluding carboxylic acids is 1. The number of carboxylic acids is 1. The number of anilines is 1. The number of ether oxygens (including phenoxy) is 1. The number of para-hydroxylation sites is 1. The standard InChI is InChI=1S/C23H19NO5S/c1-12-9-18(28-3)13(2)8-15(12)16-11-30-22(20(16)23(26)27)24-21(25)19-10-14-6-4-5-7-17(14)29-19/h4-11H,1-3H3,(H,24,25)(H,26,27). The van der Waals surface area contributed by atoms with Crippen LogP contribution in [0.15, 0.2) is 52.3 Å². The van der Waals surface area contributed by atoms with E-state index in [0.29, 0.717) is 11.1 Å². The summed E-state index contributed by atoms with van der Waals surface area (Å²) in [6.07, 6.45) is 0. The van der Waals surface area contributed by atoms with Crippen molar-refractivity contribution in [2.75, 3.05) is 12.4 Å². The number of thiophene rings is 1. The minimum Gasteiger partial charge on any atom is -0.496 e. The van der Waals surface area contributed by atoms with E-state index in [9.17, 15) is 14.7 Å². The van der Waals surface area contributed by atoms with E-state index in [1.807, 2.05) is 44.2 Å². The first kappa shape index (κ1) is 19.7. The van der Waals surface area contributed by atoms with Gasteiger partial charge in [-0.05, 0) is 54.8 Å². The molecule has 0 atom stereocenters. The summed E-state index contributed by atoms with van der Waals surface area (Å²) in [6.45, 7) is 3.80. The van der Waals surface area contributed by atoms with Crippen LogP contribution in [0.2, 0.25) is 0 Å². The van der Waals surface area contributed by atoms with Gasteiger partial charge in [0, 0.05) is 16.3 Å². The van der Waals surface area contributed by atoms with Crippen LogP contribution in [0, 0.1) is 13.8 Å². The van der Waals surface area contributed by atoms with Crippen LogP contribution in [0.3, 0.4) is 0 Å². The fourth-order valence-electron chi connectivity index (χ4n) is 3.42. The molecular weight excluding hydrogens is 402 g/mol. The van der Waals surface area contributed by atoms with Crippen molar-refractivity contribution in [2.24, 2.45) is 0 Å². The number of aromatic carboxylic acids is 1. The lowest BCUT2D eigenvalue weighted by Crippen LogP contribution is -2.12. The molecule has 0 aliphatic rings. The van der Waals surface area contributed by atoms with Gasteiger partial charge in [0.1, 0.15) is 21.9 Å². The average molecular weight is 421 g/mol. The predicted octanol–water partition coefficient (Wildman–Crippen LogP) is 5.74. The normalized spacial score (nSPS) is 10.9. The van der Waals surface area contributed by atoms with Crippen molar-refractivity contribution in [3.05, 3.63) is 70.3 Å². The molecule has 0 saturated carbocycles. The Bertz CT molecular complexity index is 1250. The Morgan fingerprint density at radius 2 is 1.83 bits per heavy atom. The second kappa shape index (κ2) is 7.68. The fraction of sp³-hybridized carbons (Fsp3) is 0.130. The number of carboxylic acid groups (broad SMARTS) is 1. The Balaban J connectivity index is 1.72. The van der Waals surface area contributed by atoms with Crippen LogP contribution in [-0.4, -0.2) is 24.1 Å². The third kappa shape index (κ3) is 3.44. The van der Waals surface area contributed by atoms with E-state index in [1.165, 1.54) is 11.3 Å². The summed E-state index contributed by atoms with van der Waals surface area (Å²) in [5.41, 5.74) is 3.76. The molecule has 30 heavy (non-hydrogen) atoms. The molecule has 4 rings (SSSR count). The molecule has 0 bridgehead atoms. The van der Waals surface area contributed by atoms with E-state index in [2.05, 4.69) is 5.32 Å². The minimum absolute atomic E-state index is 0.0529. The van der Waals surface area contributed by atoms with Gasteiger partial charge < -0.3 is 19.6 Å². The second-order valence-electron chi connectivity index (χ2n) is 6.90. The zero-order chi connectivity index (χ0) is 21.4. The highest BCUT2D eigenvalue weighted by Gasteiger charge is 2.24. The van der Waals surface area contributed by atoms with Crippen molar-refractivity contribution < 1.29 is 23.8 Å². The van der Waals surface area contributed by atoms with Crippen LogP contribution in [0.4, 0.5) is 5.00 Å². The molecule has 7 heteroatoms. The van der Waals surface area contributed by atoms with Crippen molar-refractivity contribution in [1.82, 2.24) is 0 Å². The monoisotopic (exact) mass is 421 g/mol. The molecule has 6 nitrogen and oxygen atoms in total. The van der Waals surface area contributed by atoms with Gasteiger partial charge in [-0.2, -0.15) is 0 Å². The molecule has 2 aromatic carbocycles. The van der Waals surface area contributed by atoms with Gasteiger partial charge >= 0.3 is 5.97 Å². The number of nitrogens with one attached hydrogen (secondary N) is 1. The van der Waals surface area contributed by atoms with Gasteiger partial charge in [-0.25, -0.2) is 4.79 Å². The number of fused-ring (bicyclic) bond motifs is 1. The van der Waals surface area contributed by atoms with E-state index < -0.39 is 11.9 Å². The lowest BCUT2D eigenvalue weighted by Gasteiger charge is -2.12. The number of aryl methyl sites for hydroxylation is 2. The largest absolute Gasteiger partial charge is 0.496 e. The van der Waals surface area contributed by atoms with Crippen molar-refractivity contribution >= 4 is 39.2 Å². The van der Waals surface area contributed by atoms with Crippen molar-refractivity contribution in [1.29, 1.82) is 0 Å². The van der Waals surface area contributed by atoms with Crippen LogP contribution in [0.5, 0.6) is 5.75 Å². The SMILES string of the molecule is COc1cc(C)c(-c2csc(NC(=O)c3cc4ccccc4o3)c2C(=O)O)cc1C. The smallest absolute Gasteiger partial charge is 0.339 e. The molecule has 0 fully saturated rings. The molecule has 1 amide bonds. The van der Waals surface area contributed by atoms with Crippen molar-refractivity contribution in [3.63, 3.8) is 0 Å². The molecule has 0 saturated heterocycles. The molecule has 2 N–H and O–H groups in total. The molecule has 2 heterocycles. The lowest BCUT2D eigenvalue weighted by molar-refractivity contribution is 0.0699. The molecule has 0 aliphatic heterocycles. The number of rotatable bonds is 5. The van der Waals surface area contributed by atoms with E-state index in [4.69, 9.17) is 9.15 Å². The van der Waals surface area contributed by atoms with Gasteiger partial charge in [-0.15, -0.1) is 11.3 Å². The Hall–Kier alpha value is -3.58. The van der Waals surface area contributed by atoms with Crippen LogP contribution < -0.4 is 10.1 Å². The summed E-state index contributed by atoms with van der Waals surface area (Å²) in [5.74, 6) is -0.746. The zero-order valence-corrected chi connectivity index (χ0v) is 17.4. The molecule has 0 unspecified atom stereocenters. The average Bonchev–Trinajstić information content (AvgIpc) is 3.33. The maximum Gasteiger partial charge on any atom is 0.339 e. The van der Waals surface area contributed by atoms with Crippen LogP contribution in [0.25, 0.3) is 22.1 Å². The van der Waals surface area contributed by atoms with E-state index in [1.54, 1.807) is 24.6 Å². The zero-order valence-electron chi connectivity index (χ0n) is 16.6. The topological polar surface area (TPSA) is 88.8 Å². The number of methoxy groups -OCH3 is 1. The first-order valence-electron chi connectivity index (χ1n) is 9.19. The Morgan fingerprint density at radius 1 is 1.07 bits per heavy atom. The van der Waals surface area contributed by atoms with Gasteiger partial charge in [0.2, 0.25) is 0 Å². The summed E-state index contributed by atoms with van der Waals surface area (Å²) in [5, 5.41) is 15.4. The number of hydrogen-bond donors (Lipinski definition) is 2. The first-order valence-corrected chi connectivity index (χ1v) is 10.1. The molecule has 0 spiro atoms. The summed E-state index contributed by atoms with van der Waals surface area (Å²) in [7, 11) is 1.60. The first-order chi connectivity index (χ1) is 14.4. The molecule has 152 valence electrons. The van der Waals surface area contributed by atoms with Gasteiger partial charge in [0.05, 0.1) is 7.11 Å². The van der Waals surface area contributed by atoms with E-state index >= 15 is 0 Å². The molecule has 0 radical (unpaired) electrons. The van der Waals surface area contributed by atoms with Crippen molar-refractivity contribution in [3.8, 4) is 16.9 Å². The third-order valence-electron chi connectivity index (χ3n) is 4.91. The Labute approximate surface area is 176 Å². The van der Waals surface area contributed by atoms with Gasteiger partial charge in [-0.3, -0.25) is 4.79 Å². The maximum atomic E-state index is 12.7. The van der Waals surface area contributed by atoms with E-state index in [0.717, 1.165) is 27.8 Å². The quantitative estimate of drug-likeness (QED) is 0.429. The lowest BCUT2D eigenvalue weighted by atomic mass is 9.96. The van der Waals surface area contributed by atoms with Crippen molar-refractivity contribution in [2.45, 2.75) is 13.8 Å². The van der Waals surface area contributed by atoms with Crippen LogP contribution >= 0.6 is 11.3 Å². The van der Waals surface area contributed by atoms with Gasteiger partial charge in [0.25, 0.3) is 5.91 Å². The molecular formula is C23H19NO5S. The number of furan rings is 1. The third-order valence-corrected chi connectivity index (χ3v) is 5.81. The Kier molecular flexibility index (Phi) is 5.05. The van der Waals surface area contributed by atoms with Gasteiger partial charge in [0.15, 0.2) is 5.76 Å². The highest BCUT2D eigenvalue weighted by Crippen LogP contribution is 2.39. The summed E-state index contributed by atoms with van der Waals surface area (Å²) < 4.78 is 10.9. The highest BCUT2D eigenvalue weighted by atomic mass is 32.1. The minimum atomic E-state index is -1.11. The van der Waals surface area contributed by atoms with E-state index in [-0.39, 0.29) is 16.3 Å². The predicted molar refractivity (Wildman–Crippen MR) is 117 cm³/mol. The number of carbonyl (C=O) groups is 2. The molecule has 0 aliphatic carbocycles. The second-order valence-corrected chi connectivity index (χ2v) is 7.78. The fourth-order valence-corrected chi connectivity index (χ4v) is 4.37. The van der Waals surface area contributed by atoms with Crippen LogP contribution in [-0.2, 0) is 0 Å². The summed E-state index contributed by atoms with van der Waals surface area (Å²) in [6, 6.07) is 12.7. The highest BCUT2D eigenvalue weighted by molar-refractivity contribution is 7.15. The number of benzene rings is 2. The summed E-state index contributed by atoms with van der Waals surface area (Å²) in [4.78, 5) is 24.8. The summed E-state index contributed by atoms with van der Waals surface area (Å²) >= 11 is 1.17. The maximum absolute atomic E-state index is 12.7. The number of hydrogen-bond acceptors (Lipinski definition) is 5. The molecule has 4 aromatic rings. The Morgan fingerprint density at radius 3 is 2.53 bits per heavy atom. The molecule has 2 aromatic heterocycles. The number of amides is 1. The van der Waals surface area contributed by atoms with Crippen LogP contribution in [0.1, 0.15) is 32.0 Å².